The fourth-order valence-electron chi connectivity index (χ4n) is 2.79. The Hall–Kier alpha value is -1.92. The maximum atomic E-state index is 12.5. The van der Waals surface area contributed by atoms with E-state index in [9.17, 15) is 4.79 Å². The van der Waals surface area contributed by atoms with E-state index in [0.717, 1.165) is 29.5 Å². The van der Waals surface area contributed by atoms with Crippen molar-refractivity contribution in [3.8, 4) is 0 Å². The van der Waals surface area contributed by atoms with Gasteiger partial charge in [-0.05, 0) is 18.9 Å². The lowest BCUT2D eigenvalue weighted by atomic mass is 10.1. The minimum Gasteiger partial charge on any atom is -0.345 e. The highest BCUT2D eigenvalue weighted by molar-refractivity contribution is 7.13. The third-order valence-electron chi connectivity index (χ3n) is 4.08. The van der Waals surface area contributed by atoms with Crippen LogP contribution in [-0.2, 0) is 11.2 Å². The maximum Gasteiger partial charge on any atom is 0.239 e. The quantitative estimate of drug-likeness (QED) is 0.926. The van der Waals surface area contributed by atoms with Gasteiger partial charge in [0.1, 0.15) is 0 Å². The molecule has 2 heterocycles. The molecule has 1 saturated heterocycles. The monoisotopic (exact) mass is 330 g/mol. The number of benzene rings is 1. The Kier molecular flexibility index (Phi) is 4.93. The standard InChI is InChI=1S/C17H22N4OS/c1-13-12-23-17(19-13)21-9-7-20(8-10-21)16(22)15(18)11-14-5-3-2-4-6-14/h2-6,12,15H,7-11,18H2,1H3. The number of piperazine rings is 1. The van der Waals surface area contributed by atoms with E-state index >= 15 is 0 Å². The lowest BCUT2D eigenvalue weighted by Gasteiger charge is -2.35. The summed E-state index contributed by atoms with van der Waals surface area (Å²) in [6.45, 7) is 5.05. The van der Waals surface area contributed by atoms with E-state index in [2.05, 4.69) is 15.3 Å². The number of amides is 1. The highest BCUT2D eigenvalue weighted by Crippen LogP contribution is 2.21. The number of anilines is 1. The predicted molar refractivity (Wildman–Crippen MR) is 93.8 cm³/mol. The van der Waals surface area contributed by atoms with E-state index in [1.807, 2.05) is 42.2 Å². The third kappa shape index (κ3) is 3.89. The summed E-state index contributed by atoms with van der Waals surface area (Å²) in [5, 5.41) is 3.10. The number of hydrogen-bond acceptors (Lipinski definition) is 5. The summed E-state index contributed by atoms with van der Waals surface area (Å²) in [7, 11) is 0. The molecule has 0 bridgehead atoms. The molecule has 1 aliphatic heterocycles. The normalized spacial score (nSPS) is 16.4. The molecule has 0 aliphatic carbocycles. The molecule has 1 aliphatic rings. The van der Waals surface area contributed by atoms with Gasteiger partial charge in [-0.3, -0.25) is 4.79 Å². The second kappa shape index (κ2) is 7.10. The largest absolute Gasteiger partial charge is 0.345 e. The van der Waals surface area contributed by atoms with Crippen molar-refractivity contribution in [2.75, 3.05) is 31.1 Å². The first-order valence-electron chi connectivity index (χ1n) is 7.89. The zero-order valence-electron chi connectivity index (χ0n) is 13.3. The summed E-state index contributed by atoms with van der Waals surface area (Å²) in [6.07, 6.45) is 0.589. The molecule has 0 saturated carbocycles. The molecule has 1 aromatic carbocycles. The molecule has 1 fully saturated rings. The van der Waals surface area contributed by atoms with Crippen molar-refractivity contribution in [3.05, 3.63) is 47.0 Å². The van der Waals surface area contributed by atoms with Crippen molar-refractivity contribution in [1.82, 2.24) is 9.88 Å². The van der Waals surface area contributed by atoms with Crippen LogP contribution in [0.2, 0.25) is 0 Å². The van der Waals surface area contributed by atoms with Gasteiger partial charge in [0.05, 0.1) is 11.7 Å². The van der Waals surface area contributed by atoms with Gasteiger partial charge in [-0.25, -0.2) is 4.98 Å². The average Bonchev–Trinajstić information content (AvgIpc) is 3.02. The van der Waals surface area contributed by atoms with Crippen molar-refractivity contribution in [3.63, 3.8) is 0 Å². The number of hydrogen-bond donors (Lipinski definition) is 1. The summed E-state index contributed by atoms with van der Waals surface area (Å²) in [5.41, 5.74) is 8.27. The van der Waals surface area contributed by atoms with E-state index in [4.69, 9.17) is 5.73 Å². The molecule has 2 aromatic rings. The van der Waals surface area contributed by atoms with E-state index in [1.54, 1.807) is 11.3 Å². The van der Waals surface area contributed by atoms with Gasteiger partial charge in [0.2, 0.25) is 5.91 Å². The van der Waals surface area contributed by atoms with Gasteiger partial charge in [0.15, 0.2) is 5.13 Å². The first kappa shape index (κ1) is 16.0. The van der Waals surface area contributed by atoms with E-state index in [0.29, 0.717) is 19.5 Å². The molecule has 1 unspecified atom stereocenters. The number of aryl methyl sites for hydroxylation is 1. The first-order chi connectivity index (χ1) is 11.1. The third-order valence-corrected chi connectivity index (χ3v) is 5.10. The van der Waals surface area contributed by atoms with Crippen LogP contribution in [0.4, 0.5) is 5.13 Å². The lowest BCUT2D eigenvalue weighted by molar-refractivity contribution is -0.132. The number of thiazole rings is 1. The molecule has 3 rings (SSSR count). The summed E-state index contributed by atoms with van der Waals surface area (Å²) in [5.74, 6) is 0.0452. The minimum atomic E-state index is -0.467. The zero-order valence-corrected chi connectivity index (χ0v) is 14.1. The van der Waals surface area contributed by atoms with E-state index in [-0.39, 0.29) is 5.91 Å². The van der Waals surface area contributed by atoms with Crippen LogP contribution in [0.3, 0.4) is 0 Å². The Morgan fingerprint density at radius 1 is 1.26 bits per heavy atom. The second-order valence-electron chi connectivity index (χ2n) is 5.88. The van der Waals surface area contributed by atoms with Crippen molar-refractivity contribution in [2.45, 2.75) is 19.4 Å². The maximum absolute atomic E-state index is 12.5. The molecule has 23 heavy (non-hydrogen) atoms. The smallest absolute Gasteiger partial charge is 0.239 e. The van der Waals surface area contributed by atoms with Gasteiger partial charge in [-0.15, -0.1) is 11.3 Å². The highest BCUT2D eigenvalue weighted by Gasteiger charge is 2.26. The molecular weight excluding hydrogens is 308 g/mol. The molecule has 0 radical (unpaired) electrons. The van der Waals surface area contributed by atoms with Gasteiger partial charge in [-0.1, -0.05) is 30.3 Å². The lowest BCUT2D eigenvalue weighted by Crippen LogP contribution is -2.53. The topological polar surface area (TPSA) is 62.5 Å². The molecule has 122 valence electrons. The number of carbonyl (C=O) groups excluding carboxylic acids is 1. The fourth-order valence-corrected chi connectivity index (χ4v) is 3.65. The van der Waals surface area contributed by atoms with Crippen molar-refractivity contribution in [2.24, 2.45) is 5.73 Å². The van der Waals surface area contributed by atoms with Crippen molar-refractivity contribution >= 4 is 22.4 Å². The van der Waals surface area contributed by atoms with Gasteiger partial charge >= 0.3 is 0 Å². The highest BCUT2D eigenvalue weighted by atomic mass is 32.1. The van der Waals surface area contributed by atoms with Crippen LogP contribution < -0.4 is 10.6 Å². The summed E-state index contributed by atoms with van der Waals surface area (Å²) >= 11 is 1.66. The number of aromatic nitrogens is 1. The second-order valence-corrected chi connectivity index (χ2v) is 6.72. The van der Waals surface area contributed by atoms with Crippen molar-refractivity contribution < 1.29 is 4.79 Å². The van der Waals surface area contributed by atoms with Crippen LogP contribution in [-0.4, -0.2) is 48.0 Å². The number of carbonyl (C=O) groups is 1. The van der Waals surface area contributed by atoms with Crippen LogP contribution in [0.15, 0.2) is 35.7 Å². The molecule has 1 amide bonds. The number of nitrogens with two attached hydrogens (primary N) is 1. The zero-order chi connectivity index (χ0) is 16.2. The van der Waals surface area contributed by atoms with E-state index < -0.39 is 6.04 Å². The Morgan fingerprint density at radius 2 is 1.96 bits per heavy atom. The van der Waals surface area contributed by atoms with Crippen LogP contribution in [0, 0.1) is 6.92 Å². The Bertz CT molecular complexity index is 650. The molecule has 1 aromatic heterocycles. The summed E-state index contributed by atoms with van der Waals surface area (Å²) in [6, 6.07) is 9.47. The van der Waals surface area contributed by atoms with Crippen LogP contribution >= 0.6 is 11.3 Å². The Labute approximate surface area is 140 Å². The molecule has 6 heteroatoms. The molecule has 1 atom stereocenters. The van der Waals surface area contributed by atoms with E-state index in [1.165, 1.54) is 0 Å². The SMILES string of the molecule is Cc1csc(N2CCN(C(=O)C(N)Cc3ccccc3)CC2)n1. The van der Waals surface area contributed by atoms with Crippen LogP contribution in [0.1, 0.15) is 11.3 Å². The molecule has 2 N–H and O–H groups in total. The molecule has 0 spiro atoms. The average molecular weight is 330 g/mol. The molecule has 5 nitrogen and oxygen atoms in total. The van der Waals surface area contributed by atoms with Gasteiger partial charge in [-0.2, -0.15) is 0 Å². The van der Waals surface area contributed by atoms with Crippen LogP contribution in [0.5, 0.6) is 0 Å². The first-order valence-corrected chi connectivity index (χ1v) is 8.77. The number of nitrogens with zero attached hydrogens (tertiary/aromatic N) is 3. The Balaban J connectivity index is 1.53. The minimum absolute atomic E-state index is 0.0452. The Morgan fingerprint density at radius 3 is 2.57 bits per heavy atom. The van der Waals surface area contributed by atoms with Crippen LogP contribution in [0.25, 0.3) is 0 Å². The van der Waals surface area contributed by atoms with Crippen molar-refractivity contribution in [1.29, 1.82) is 0 Å². The predicted octanol–water partition coefficient (Wildman–Crippen LogP) is 1.67. The number of rotatable bonds is 4. The fraction of sp³-hybridized carbons (Fsp3) is 0.412. The van der Waals surface area contributed by atoms with Gasteiger partial charge in [0.25, 0.3) is 0 Å². The summed E-state index contributed by atoms with van der Waals surface area (Å²) in [4.78, 5) is 21.2. The molecular formula is C17H22N4OS. The van der Waals surface area contributed by atoms with Gasteiger partial charge < -0.3 is 15.5 Å². The summed E-state index contributed by atoms with van der Waals surface area (Å²) < 4.78 is 0. The van der Waals surface area contributed by atoms with Gasteiger partial charge in [0, 0.05) is 31.6 Å².